The van der Waals surface area contributed by atoms with Crippen molar-refractivity contribution in [2.24, 2.45) is 5.92 Å². The molecule has 2 heterocycles. The lowest BCUT2D eigenvalue weighted by molar-refractivity contribution is -0.135. The van der Waals surface area contributed by atoms with E-state index in [0.29, 0.717) is 24.2 Å². The van der Waals surface area contributed by atoms with Gasteiger partial charge in [-0.25, -0.2) is 0 Å². The summed E-state index contributed by atoms with van der Waals surface area (Å²) < 4.78 is 5.87. The highest BCUT2D eigenvalue weighted by Crippen LogP contribution is 2.32. The summed E-state index contributed by atoms with van der Waals surface area (Å²) in [7, 11) is 0. The summed E-state index contributed by atoms with van der Waals surface area (Å²) in [6.45, 7) is 1.52. The molecule has 126 valence electrons. The van der Waals surface area contributed by atoms with Gasteiger partial charge < -0.3 is 9.32 Å². The van der Waals surface area contributed by atoms with E-state index in [1.165, 1.54) is 19.3 Å². The molecule has 1 amide bonds. The van der Waals surface area contributed by atoms with Gasteiger partial charge in [-0.15, -0.1) is 10.2 Å². The Bertz CT molecular complexity index is 692. The van der Waals surface area contributed by atoms with Crippen LogP contribution in [0.1, 0.15) is 50.3 Å². The maximum absolute atomic E-state index is 12.7. The van der Waals surface area contributed by atoms with E-state index in [1.807, 2.05) is 35.2 Å². The zero-order valence-electron chi connectivity index (χ0n) is 13.9. The van der Waals surface area contributed by atoms with Crippen LogP contribution in [0.25, 0.3) is 11.5 Å². The highest BCUT2D eigenvalue weighted by molar-refractivity contribution is 5.79. The van der Waals surface area contributed by atoms with Crippen molar-refractivity contribution in [2.75, 3.05) is 13.1 Å². The molecule has 1 atom stereocenters. The summed E-state index contributed by atoms with van der Waals surface area (Å²) in [6.07, 6.45) is 6.68. The molecule has 1 aliphatic heterocycles. The van der Waals surface area contributed by atoms with E-state index < -0.39 is 0 Å². The van der Waals surface area contributed by atoms with Crippen LogP contribution in [0.2, 0.25) is 0 Å². The molecule has 4 rings (SSSR count). The Morgan fingerprint density at radius 1 is 1.04 bits per heavy atom. The average Bonchev–Trinajstić information content (AvgIpc) is 3.32. The van der Waals surface area contributed by atoms with Crippen LogP contribution >= 0.6 is 0 Å². The van der Waals surface area contributed by atoms with Gasteiger partial charge in [0.1, 0.15) is 0 Å². The first kappa shape index (κ1) is 15.4. The molecule has 5 nitrogen and oxygen atoms in total. The standard InChI is InChI=1S/C19H23N3O2/c23-19(15-9-5-2-6-10-15)22-12-11-16(13-22)18-21-20-17(24-18)14-7-3-1-4-8-14/h1,3-4,7-8,15-16H,2,5-6,9-13H2. The molecule has 1 unspecified atom stereocenters. The molecule has 2 fully saturated rings. The van der Waals surface area contributed by atoms with Crippen LogP contribution in [-0.2, 0) is 4.79 Å². The lowest BCUT2D eigenvalue weighted by atomic mass is 9.88. The first-order valence-electron chi connectivity index (χ1n) is 8.99. The van der Waals surface area contributed by atoms with Gasteiger partial charge in [0.15, 0.2) is 0 Å². The van der Waals surface area contributed by atoms with E-state index in [9.17, 15) is 4.79 Å². The Labute approximate surface area is 142 Å². The van der Waals surface area contributed by atoms with Crippen LogP contribution in [-0.4, -0.2) is 34.1 Å². The second-order valence-electron chi connectivity index (χ2n) is 6.92. The molecule has 5 heteroatoms. The van der Waals surface area contributed by atoms with E-state index in [1.54, 1.807) is 0 Å². The number of benzene rings is 1. The third-order valence-electron chi connectivity index (χ3n) is 5.26. The fourth-order valence-electron chi connectivity index (χ4n) is 3.87. The number of carbonyl (C=O) groups is 1. The fraction of sp³-hybridized carbons (Fsp3) is 0.526. The maximum atomic E-state index is 12.7. The van der Waals surface area contributed by atoms with Crippen LogP contribution in [0.5, 0.6) is 0 Å². The Morgan fingerprint density at radius 3 is 2.62 bits per heavy atom. The van der Waals surface area contributed by atoms with E-state index in [0.717, 1.165) is 31.4 Å². The van der Waals surface area contributed by atoms with Crippen LogP contribution < -0.4 is 0 Å². The molecule has 24 heavy (non-hydrogen) atoms. The summed E-state index contributed by atoms with van der Waals surface area (Å²) in [4.78, 5) is 14.7. The van der Waals surface area contributed by atoms with Crippen molar-refractivity contribution in [3.05, 3.63) is 36.2 Å². The topological polar surface area (TPSA) is 59.2 Å². The van der Waals surface area contributed by atoms with Gasteiger partial charge >= 0.3 is 0 Å². The highest BCUT2D eigenvalue weighted by Gasteiger charge is 2.34. The Morgan fingerprint density at radius 2 is 1.83 bits per heavy atom. The van der Waals surface area contributed by atoms with Crippen LogP contribution in [0, 0.1) is 5.92 Å². The number of amides is 1. The van der Waals surface area contributed by atoms with Crippen LogP contribution in [0.15, 0.2) is 34.7 Å². The van der Waals surface area contributed by atoms with Crippen molar-refractivity contribution >= 4 is 5.91 Å². The molecule has 0 radical (unpaired) electrons. The van der Waals surface area contributed by atoms with Crippen molar-refractivity contribution in [3.63, 3.8) is 0 Å². The van der Waals surface area contributed by atoms with Gasteiger partial charge in [-0.3, -0.25) is 4.79 Å². The molecular weight excluding hydrogens is 302 g/mol. The van der Waals surface area contributed by atoms with Gasteiger partial charge in [0.05, 0.1) is 5.92 Å². The molecule has 1 aromatic carbocycles. The van der Waals surface area contributed by atoms with Crippen molar-refractivity contribution in [1.82, 2.24) is 15.1 Å². The smallest absolute Gasteiger partial charge is 0.247 e. The predicted molar refractivity (Wildman–Crippen MR) is 90.2 cm³/mol. The number of aromatic nitrogens is 2. The Hall–Kier alpha value is -2.17. The van der Waals surface area contributed by atoms with Crippen molar-refractivity contribution in [3.8, 4) is 11.5 Å². The molecule has 0 N–H and O–H groups in total. The van der Waals surface area contributed by atoms with E-state index in [2.05, 4.69) is 10.2 Å². The molecule has 1 saturated carbocycles. The van der Waals surface area contributed by atoms with E-state index in [4.69, 9.17) is 4.42 Å². The summed E-state index contributed by atoms with van der Waals surface area (Å²) in [5, 5.41) is 8.40. The second-order valence-corrected chi connectivity index (χ2v) is 6.92. The third-order valence-corrected chi connectivity index (χ3v) is 5.26. The lowest BCUT2D eigenvalue weighted by Crippen LogP contribution is -2.35. The van der Waals surface area contributed by atoms with Crippen molar-refractivity contribution in [2.45, 2.75) is 44.4 Å². The van der Waals surface area contributed by atoms with Crippen molar-refractivity contribution in [1.29, 1.82) is 0 Å². The number of carbonyl (C=O) groups excluding carboxylic acids is 1. The van der Waals surface area contributed by atoms with Gasteiger partial charge in [-0.2, -0.15) is 0 Å². The maximum Gasteiger partial charge on any atom is 0.247 e. The quantitative estimate of drug-likeness (QED) is 0.864. The molecule has 0 bridgehead atoms. The zero-order valence-corrected chi connectivity index (χ0v) is 13.9. The zero-order chi connectivity index (χ0) is 16.4. The molecule has 1 aliphatic carbocycles. The molecule has 1 saturated heterocycles. The minimum Gasteiger partial charge on any atom is -0.420 e. The fourth-order valence-corrected chi connectivity index (χ4v) is 3.87. The van der Waals surface area contributed by atoms with Gasteiger partial charge in [-0.1, -0.05) is 37.5 Å². The molecule has 2 aromatic rings. The largest absolute Gasteiger partial charge is 0.420 e. The summed E-state index contributed by atoms with van der Waals surface area (Å²) >= 11 is 0. The molecule has 1 aromatic heterocycles. The predicted octanol–water partition coefficient (Wildman–Crippen LogP) is 3.63. The number of rotatable bonds is 3. The Kier molecular flexibility index (Phi) is 4.32. The van der Waals surface area contributed by atoms with E-state index >= 15 is 0 Å². The number of nitrogens with zero attached hydrogens (tertiary/aromatic N) is 3. The second kappa shape index (κ2) is 6.75. The monoisotopic (exact) mass is 325 g/mol. The Balaban J connectivity index is 1.42. The number of hydrogen-bond donors (Lipinski definition) is 0. The summed E-state index contributed by atoms with van der Waals surface area (Å²) in [5.41, 5.74) is 0.935. The average molecular weight is 325 g/mol. The van der Waals surface area contributed by atoms with E-state index in [-0.39, 0.29) is 11.8 Å². The minimum absolute atomic E-state index is 0.169. The van der Waals surface area contributed by atoms with Crippen molar-refractivity contribution < 1.29 is 9.21 Å². The van der Waals surface area contributed by atoms with Gasteiger partial charge in [-0.05, 0) is 31.4 Å². The summed E-state index contributed by atoms with van der Waals surface area (Å²) in [6, 6.07) is 9.81. The molecule has 0 spiro atoms. The highest BCUT2D eigenvalue weighted by atomic mass is 16.4. The number of likely N-dealkylation sites (tertiary alicyclic amines) is 1. The van der Waals surface area contributed by atoms with Gasteiger partial charge in [0, 0.05) is 24.6 Å². The minimum atomic E-state index is 0.169. The third kappa shape index (κ3) is 3.07. The SMILES string of the molecule is O=C(C1CCCCC1)N1CCC(c2nnc(-c3ccccc3)o2)C1. The lowest BCUT2D eigenvalue weighted by Gasteiger charge is -2.26. The van der Waals surface area contributed by atoms with Crippen LogP contribution in [0.3, 0.4) is 0 Å². The van der Waals surface area contributed by atoms with Gasteiger partial charge in [0.2, 0.25) is 17.7 Å². The van der Waals surface area contributed by atoms with Gasteiger partial charge in [0.25, 0.3) is 0 Å². The summed E-state index contributed by atoms with van der Waals surface area (Å²) in [5.74, 6) is 1.96. The van der Waals surface area contributed by atoms with Crippen LogP contribution in [0.4, 0.5) is 0 Å². The molecule has 2 aliphatic rings. The first-order chi connectivity index (χ1) is 11.8. The number of hydrogen-bond acceptors (Lipinski definition) is 4. The molecular formula is C19H23N3O2. The normalized spacial score (nSPS) is 22.0. The first-order valence-corrected chi connectivity index (χ1v) is 8.99.